The molecule has 0 unspecified atom stereocenters. The van der Waals surface area contributed by atoms with Crippen LogP contribution in [0.1, 0.15) is 73.8 Å². The van der Waals surface area contributed by atoms with Crippen LogP contribution in [0, 0.1) is 5.92 Å². The number of urea groups is 1. The molecule has 0 bridgehead atoms. The number of benzene rings is 1. The number of carbonyl (C=O) groups excluding carboxylic acids is 4. The zero-order valence-electron chi connectivity index (χ0n) is 30.4. The lowest BCUT2D eigenvalue weighted by atomic mass is 9.80. The van der Waals surface area contributed by atoms with E-state index in [0.717, 1.165) is 24.9 Å². The molecule has 1 aliphatic heterocycles. The number of amides is 5. The van der Waals surface area contributed by atoms with Crippen molar-refractivity contribution >= 4 is 29.9 Å². The Kier molecular flexibility index (Phi) is 11.8. The van der Waals surface area contributed by atoms with E-state index < -0.39 is 34.6 Å². The van der Waals surface area contributed by atoms with E-state index in [1.54, 1.807) is 56.7 Å². The SMILES string of the molecule is CC(C)(C)OC(=O)NC1CC(CNCc2ccc(-n3ccc(NC(=O)N4CCN(C(=O)C(C)(C)NC(=O)OC(C)(C)C)CC4)nc3=O)cc2)C1. The van der Waals surface area contributed by atoms with E-state index in [2.05, 4.69) is 26.3 Å². The molecule has 2 heterocycles. The van der Waals surface area contributed by atoms with Gasteiger partial charge >= 0.3 is 23.9 Å². The van der Waals surface area contributed by atoms with Gasteiger partial charge in [-0.1, -0.05) is 12.1 Å². The number of nitrogens with one attached hydrogen (secondary N) is 4. The highest BCUT2D eigenvalue weighted by Crippen LogP contribution is 2.27. The Labute approximate surface area is 293 Å². The van der Waals surface area contributed by atoms with E-state index in [0.29, 0.717) is 18.2 Å². The van der Waals surface area contributed by atoms with Crippen LogP contribution in [0.5, 0.6) is 0 Å². The van der Waals surface area contributed by atoms with E-state index in [1.165, 1.54) is 4.57 Å². The quantitative estimate of drug-likeness (QED) is 0.305. The van der Waals surface area contributed by atoms with Crippen LogP contribution in [0.25, 0.3) is 5.69 Å². The molecule has 1 aliphatic carbocycles. The average Bonchev–Trinajstić information content (AvgIpc) is 2.98. The number of anilines is 1. The molecule has 2 fully saturated rings. The number of hydrogen-bond donors (Lipinski definition) is 4. The summed E-state index contributed by atoms with van der Waals surface area (Å²) in [6.45, 7) is 16.6. The second-order valence-electron chi connectivity index (χ2n) is 15.4. The number of alkyl carbamates (subject to hydrolysis) is 2. The van der Waals surface area contributed by atoms with Gasteiger partial charge in [0.2, 0.25) is 5.91 Å². The molecule has 2 aromatic rings. The molecule has 1 saturated heterocycles. The summed E-state index contributed by atoms with van der Waals surface area (Å²) in [5.74, 6) is 0.326. The fourth-order valence-electron chi connectivity index (χ4n) is 5.67. The van der Waals surface area contributed by atoms with Gasteiger partial charge in [-0.2, -0.15) is 4.98 Å². The normalized spacial score (nSPS) is 18.1. The predicted octanol–water partition coefficient (Wildman–Crippen LogP) is 3.60. The van der Waals surface area contributed by atoms with Gasteiger partial charge in [-0.15, -0.1) is 0 Å². The molecule has 0 radical (unpaired) electrons. The zero-order chi connectivity index (χ0) is 36.9. The summed E-state index contributed by atoms with van der Waals surface area (Å²) in [4.78, 5) is 70.2. The van der Waals surface area contributed by atoms with Crippen molar-refractivity contribution in [3.63, 3.8) is 0 Å². The fourth-order valence-corrected chi connectivity index (χ4v) is 5.67. The molecule has 0 atom stereocenters. The number of nitrogens with zero attached hydrogens (tertiary/aromatic N) is 4. The van der Waals surface area contributed by atoms with Crippen LogP contribution in [0.3, 0.4) is 0 Å². The highest BCUT2D eigenvalue weighted by molar-refractivity contribution is 5.90. The molecule has 0 spiro atoms. The molecule has 2 aliphatic rings. The second kappa shape index (κ2) is 15.5. The Balaban J connectivity index is 1.19. The fraction of sp³-hybridized carbons (Fsp3) is 0.600. The maximum absolute atomic E-state index is 13.1. The monoisotopic (exact) mass is 696 g/mol. The lowest BCUT2D eigenvalue weighted by Crippen LogP contribution is -2.60. The van der Waals surface area contributed by atoms with E-state index >= 15 is 0 Å². The molecule has 1 aromatic carbocycles. The number of carbonyl (C=O) groups is 4. The number of hydrogen-bond acceptors (Lipinski definition) is 9. The molecule has 274 valence electrons. The van der Waals surface area contributed by atoms with Crippen molar-refractivity contribution in [1.82, 2.24) is 35.3 Å². The van der Waals surface area contributed by atoms with Crippen molar-refractivity contribution in [2.24, 2.45) is 5.92 Å². The number of piperazine rings is 1. The van der Waals surface area contributed by atoms with Crippen molar-refractivity contribution in [3.8, 4) is 5.69 Å². The third-order valence-electron chi connectivity index (χ3n) is 8.17. The third-order valence-corrected chi connectivity index (χ3v) is 8.17. The van der Waals surface area contributed by atoms with Gasteiger partial charge < -0.3 is 35.2 Å². The molecule has 4 rings (SSSR count). The third kappa shape index (κ3) is 11.2. The lowest BCUT2D eigenvalue weighted by molar-refractivity contribution is -0.138. The molecular formula is C35H52N8O7. The first-order valence-corrected chi connectivity index (χ1v) is 17.0. The van der Waals surface area contributed by atoms with E-state index in [4.69, 9.17) is 9.47 Å². The molecule has 1 aromatic heterocycles. The molecule has 15 nitrogen and oxygen atoms in total. The summed E-state index contributed by atoms with van der Waals surface area (Å²) in [7, 11) is 0. The van der Waals surface area contributed by atoms with Gasteiger partial charge in [0.15, 0.2) is 0 Å². The van der Waals surface area contributed by atoms with Crippen molar-refractivity contribution in [1.29, 1.82) is 0 Å². The van der Waals surface area contributed by atoms with Crippen molar-refractivity contribution < 1.29 is 28.7 Å². The largest absolute Gasteiger partial charge is 0.444 e. The summed E-state index contributed by atoms with van der Waals surface area (Å²) >= 11 is 0. The number of ether oxygens (including phenoxy) is 2. The van der Waals surface area contributed by atoms with E-state index in [1.807, 2.05) is 45.0 Å². The lowest BCUT2D eigenvalue weighted by Gasteiger charge is -2.38. The average molecular weight is 697 g/mol. The van der Waals surface area contributed by atoms with Crippen LogP contribution in [0.2, 0.25) is 0 Å². The van der Waals surface area contributed by atoms with Gasteiger partial charge in [-0.05, 0) is 104 Å². The summed E-state index contributed by atoms with van der Waals surface area (Å²) < 4.78 is 12.0. The molecule has 4 N–H and O–H groups in total. The van der Waals surface area contributed by atoms with Gasteiger partial charge in [0.25, 0.3) is 0 Å². The smallest absolute Gasteiger partial charge is 0.408 e. The summed E-state index contributed by atoms with van der Waals surface area (Å²) in [6.07, 6.45) is 2.32. The molecule has 15 heteroatoms. The van der Waals surface area contributed by atoms with Crippen LogP contribution in [-0.2, 0) is 20.8 Å². The Morgan fingerprint density at radius 3 is 1.98 bits per heavy atom. The van der Waals surface area contributed by atoms with Crippen molar-refractivity contribution in [2.45, 2.75) is 97.6 Å². The van der Waals surface area contributed by atoms with Crippen LogP contribution < -0.4 is 27.0 Å². The maximum atomic E-state index is 13.1. The van der Waals surface area contributed by atoms with Gasteiger partial charge in [0.1, 0.15) is 22.6 Å². The first-order chi connectivity index (χ1) is 23.3. The minimum atomic E-state index is -1.19. The topological polar surface area (TPSA) is 176 Å². The molecule has 5 amide bonds. The first-order valence-electron chi connectivity index (χ1n) is 17.0. The molecular weight excluding hydrogens is 644 g/mol. The summed E-state index contributed by atoms with van der Waals surface area (Å²) in [5.41, 5.74) is -1.23. The van der Waals surface area contributed by atoms with Crippen LogP contribution in [0.4, 0.5) is 20.2 Å². The Morgan fingerprint density at radius 2 is 1.40 bits per heavy atom. The Hall–Kier alpha value is -4.66. The highest BCUT2D eigenvalue weighted by Gasteiger charge is 2.37. The van der Waals surface area contributed by atoms with Crippen LogP contribution in [-0.4, -0.2) is 99.0 Å². The summed E-state index contributed by atoms with van der Waals surface area (Å²) in [6, 6.07) is 8.84. The molecule has 1 saturated carbocycles. The standard InChI is InChI=1S/C35H52N8O7/c1-33(2,3)49-31(47)37-25-19-24(20-25)22-36-21-23-9-11-26(12-10-23)43-14-13-27(39-30(43)46)38-29(45)42-17-15-41(16-18-42)28(44)35(7,8)40-32(48)50-34(4,5)6/h9-14,24-25,36H,15-22H2,1-8H3,(H,37,47)(H,40,48)(H,38,39,45,46). The van der Waals surface area contributed by atoms with Gasteiger partial charge in [0, 0.05) is 45.0 Å². The highest BCUT2D eigenvalue weighted by atomic mass is 16.6. The summed E-state index contributed by atoms with van der Waals surface area (Å²) in [5, 5.41) is 11.7. The predicted molar refractivity (Wildman–Crippen MR) is 188 cm³/mol. The van der Waals surface area contributed by atoms with E-state index in [-0.39, 0.29) is 50.0 Å². The van der Waals surface area contributed by atoms with Gasteiger partial charge in [-0.3, -0.25) is 14.7 Å². The van der Waals surface area contributed by atoms with Crippen molar-refractivity contribution in [3.05, 3.63) is 52.6 Å². The minimum absolute atomic E-state index is 0.123. The first kappa shape index (κ1) is 38.1. The number of rotatable bonds is 9. The molecule has 50 heavy (non-hydrogen) atoms. The Morgan fingerprint density at radius 1 is 0.820 bits per heavy atom. The van der Waals surface area contributed by atoms with Crippen molar-refractivity contribution in [2.75, 3.05) is 38.0 Å². The van der Waals surface area contributed by atoms with Gasteiger partial charge in [0.05, 0.1) is 5.69 Å². The number of aromatic nitrogens is 2. The second-order valence-corrected chi connectivity index (χ2v) is 15.4. The Bertz CT molecular complexity index is 1580. The zero-order valence-corrected chi connectivity index (χ0v) is 30.4. The maximum Gasteiger partial charge on any atom is 0.408 e. The van der Waals surface area contributed by atoms with Gasteiger partial charge in [-0.25, -0.2) is 19.2 Å². The van der Waals surface area contributed by atoms with Crippen LogP contribution >= 0.6 is 0 Å². The minimum Gasteiger partial charge on any atom is -0.444 e. The van der Waals surface area contributed by atoms with Crippen LogP contribution in [0.15, 0.2) is 41.3 Å². The van der Waals surface area contributed by atoms with E-state index in [9.17, 15) is 24.0 Å².